The van der Waals surface area contributed by atoms with Crippen molar-refractivity contribution in [3.05, 3.63) is 59.5 Å². The van der Waals surface area contributed by atoms with E-state index in [1.165, 1.54) is 11.4 Å². The van der Waals surface area contributed by atoms with Gasteiger partial charge in [0.05, 0.1) is 48.9 Å². The maximum absolute atomic E-state index is 13.0. The highest BCUT2D eigenvalue weighted by atomic mass is 16.5. The summed E-state index contributed by atoms with van der Waals surface area (Å²) in [7, 11) is 1.67. The SMILES string of the molecule is CCc1cc(-c2ccc(-c3cnn4c(N)c(C(C)=O)c(C5CCN(C(=O)C(C)(CO)CO)CC5)nc34)cn2)ccc1OC. The number of fused-ring (bicyclic) bond motifs is 1. The summed E-state index contributed by atoms with van der Waals surface area (Å²) in [4.78, 5) is 37.1. The predicted molar refractivity (Wildman–Crippen MR) is 163 cm³/mol. The second kappa shape index (κ2) is 12.1. The Hall–Kier alpha value is -4.35. The fourth-order valence-corrected chi connectivity index (χ4v) is 5.75. The fraction of sp³-hybridized carbons (Fsp3) is 0.406. The Morgan fingerprint density at radius 3 is 2.37 bits per heavy atom. The number of carbonyl (C=O) groups is 2. The van der Waals surface area contributed by atoms with Gasteiger partial charge in [-0.3, -0.25) is 14.6 Å². The van der Waals surface area contributed by atoms with Gasteiger partial charge in [0.2, 0.25) is 5.91 Å². The number of anilines is 1. The summed E-state index contributed by atoms with van der Waals surface area (Å²) >= 11 is 0. The molecule has 4 N–H and O–H groups in total. The van der Waals surface area contributed by atoms with Gasteiger partial charge in [0.25, 0.3) is 0 Å². The molecule has 226 valence electrons. The predicted octanol–water partition coefficient (Wildman–Crippen LogP) is 3.51. The molecule has 0 aliphatic carbocycles. The second-order valence-corrected chi connectivity index (χ2v) is 11.4. The number of aliphatic hydroxyl groups excluding tert-OH is 2. The van der Waals surface area contributed by atoms with Crippen LogP contribution < -0.4 is 10.5 Å². The standard InChI is InChI=1S/C32H38N6O5/c1-5-20-14-22(7-9-26(20)43-4)25-8-6-23(15-34-25)24-16-35-38-29(33)27(19(2)41)28(36-30(24)38)21-10-12-37(13-11-21)31(42)32(3,17-39)18-40/h6-9,14-16,21,39-40H,5,10-13,17-18,33H2,1-4H3. The third-order valence-corrected chi connectivity index (χ3v) is 8.48. The van der Waals surface area contributed by atoms with Gasteiger partial charge in [0, 0.05) is 41.9 Å². The van der Waals surface area contributed by atoms with Crippen molar-refractivity contribution in [3.63, 3.8) is 0 Å². The van der Waals surface area contributed by atoms with Crippen molar-refractivity contribution in [3.8, 4) is 28.1 Å². The van der Waals surface area contributed by atoms with E-state index in [2.05, 4.69) is 18.1 Å². The number of nitrogens with two attached hydrogens (primary N) is 1. The number of pyridine rings is 1. The zero-order valence-electron chi connectivity index (χ0n) is 25.0. The summed E-state index contributed by atoms with van der Waals surface area (Å²) in [6, 6.07) is 9.94. The summed E-state index contributed by atoms with van der Waals surface area (Å²) in [6.45, 7) is 5.04. The number of nitrogen functional groups attached to an aromatic ring is 1. The summed E-state index contributed by atoms with van der Waals surface area (Å²) in [6.07, 6.45) is 5.42. The van der Waals surface area contributed by atoms with Crippen LogP contribution in [0, 0.1) is 5.41 Å². The van der Waals surface area contributed by atoms with E-state index >= 15 is 0 Å². The Morgan fingerprint density at radius 2 is 1.79 bits per heavy atom. The van der Waals surface area contributed by atoms with Crippen LogP contribution >= 0.6 is 0 Å². The van der Waals surface area contributed by atoms with Crippen LogP contribution in [0.5, 0.6) is 5.75 Å². The lowest BCUT2D eigenvalue weighted by Gasteiger charge is -2.37. The molecule has 0 atom stereocenters. The molecular formula is C32H38N6O5. The van der Waals surface area contributed by atoms with Gasteiger partial charge in [0.15, 0.2) is 11.4 Å². The second-order valence-electron chi connectivity index (χ2n) is 11.4. The van der Waals surface area contributed by atoms with Crippen LogP contribution in [0.2, 0.25) is 0 Å². The molecule has 1 saturated heterocycles. The number of aryl methyl sites for hydroxylation is 1. The highest BCUT2D eigenvalue weighted by Gasteiger charge is 2.38. The number of aromatic nitrogens is 4. The molecule has 0 radical (unpaired) electrons. The van der Waals surface area contributed by atoms with Crippen LogP contribution in [0.4, 0.5) is 5.82 Å². The monoisotopic (exact) mass is 586 g/mol. The Morgan fingerprint density at radius 1 is 1.09 bits per heavy atom. The topological polar surface area (TPSA) is 156 Å². The largest absolute Gasteiger partial charge is 0.496 e. The van der Waals surface area contributed by atoms with Gasteiger partial charge in [-0.25, -0.2) is 4.98 Å². The zero-order chi connectivity index (χ0) is 30.9. The first kappa shape index (κ1) is 30.1. The Labute approximate surface area is 250 Å². The minimum absolute atomic E-state index is 0.115. The molecule has 11 heteroatoms. The Bertz CT molecular complexity index is 1650. The molecular weight excluding hydrogens is 548 g/mol. The van der Waals surface area contributed by atoms with Gasteiger partial charge >= 0.3 is 0 Å². The number of carbonyl (C=O) groups excluding carboxylic acids is 2. The van der Waals surface area contributed by atoms with Crippen LogP contribution in [-0.2, 0) is 11.2 Å². The number of amides is 1. The van der Waals surface area contributed by atoms with E-state index in [1.807, 2.05) is 24.3 Å². The first-order valence-electron chi connectivity index (χ1n) is 14.5. The molecule has 5 rings (SSSR count). The van der Waals surface area contributed by atoms with Crippen LogP contribution in [-0.4, -0.2) is 79.8 Å². The maximum atomic E-state index is 13.0. The lowest BCUT2D eigenvalue weighted by molar-refractivity contribution is -0.147. The number of hydrogen-bond donors (Lipinski definition) is 3. The number of likely N-dealkylation sites (tertiary alicyclic amines) is 1. The normalized spacial score (nSPS) is 14.3. The number of ether oxygens (including phenoxy) is 1. The van der Waals surface area contributed by atoms with E-state index in [9.17, 15) is 19.8 Å². The number of benzene rings is 1. The van der Waals surface area contributed by atoms with Crippen molar-refractivity contribution < 1.29 is 24.5 Å². The van der Waals surface area contributed by atoms with Crippen molar-refractivity contribution in [2.45, 2.75) is 46.0 Å². The van der Waals surface area contributed by atoms with E-state index in [-0.39, 0.29) is 23.4 Å². The number of hydrogen-bond acceptors (Lipinski definition) is 9. The molecule has 0 spiro atoms. The molecule has 3 aromatic heterocycles. The van der Waals surface area contributed by atoms with E-state index in [1.54, 1.807) is 31.3 Å². The van der Waals surface area contributed by atoms with Crippen LogP contribution in [0.25, 0.3) is 28.0 Å². The molecule has 4 aromatic rings. The van der Waals surface area contributed by atoms with Crippen molar-refractivity contribution in [2.24, 2.45) is 5.41 Å². The lowest BCUT2D eigenvalue weighted by Crippen LogP contribution is -2.49. The smallest absolute Gasteiger partial charge is 0.233 e. The molecule has 0 unspecified atom stereocenters. The van der Waals surface area contributed by atoms with E-state index in [0.29, 0.717) is 42.8 Å². The minimum atomic E-state index is -1.24. The summed E-state index contributed by atoms with van der Waals surface area (Å²) in [5.74, 6) is 0.462. The average Bonchev–Trinajstić information content (AvgIpc) is 3.48. The van der Waals surface area contributed by atoms with E-state index < -0.39 is 18.6 Å². The molecule has 1 aromatic carbocycles. The number of Topliss-reactive ketones (excluding diaryl/α,β-unsaturated/α-hetero) is 1. The maximum Gasteiger partial charge on any atom is 0.233 e. The van der Waals surface area contributed by atoms with Gasteiger partial charge in [-0.05, 0) is 62.9 Å². The molecule has 1 aliphatic rings. The number of nitrogens with zero attached hydrogens (tertiary/aromatic N) is 5. The molecule has 11 nitrogen and oxygen atoms in total. The number of rotatable bonds is 9. The van der Waals surface area contributed by atoms with Gasteiger partial charge in [0.1, 0.15) is 11.6 Å². The van der Waals surface area contributed by atoms with Gasteiger partial charge < -0.3 is 25.6 Å². The number of methoxy groups -OCH3 is 1. The molecule has 43 heavy (non-hydrogen) atoms. The van der Waals surface area contributed by atoms with Gasteiger partial charge in [-0.1, -0.05) is 13.0 Å². The van der Waals surface area contributed by atoms with Crippen molar-refractivity contribution in [2.75, 3.05) is 39.1 Å². The highest BCUT2D eigenvalue weighted by Crippen LogP contribution is 2.36. The number of aliphatic hydroxyl groups is 2. The van der Waals surface area contributed by atoms with E-state index in [4.69, 9.17) is 20.4 Å². The zero-order valence-corrected chi connectivity index (χ0v) is 25.0. The first-order chi connectivity index (χ1) is 20.6. The summed E-state index contributed by atoms with van der Waals surface area (Å²) in [5.41, 5.74) is 11.2. The summed E-state index contributed by atoms with van der Waals surface area (Å²) < 4.78 is 6.95. The molecule has 1 aliphatic heterocycles. The van der Waals surface area contributed by atoms with Crippen molar-refractivity contribution in [1.29, 1.82) is 0 Å². The quantitative estimate of drug-likeness (QED) is 0.250. The molecule has 1 fully saturated rings. The Balaban J connectivity index is 1.47. The van der Waals surface area contributed by atoms with Crippen molar-refractivity contribution >= 4 is 23.2 Å². The fourth-order valence-electron chi connectivity index (χ4n) is 5.75. The van der Waals surface area contributed by atoms with Crippen molar-refractivity contribution in [1.82, 2.24) is 24.5 Å². The summed E-state index contributed by atoms with van der Waals surface area (Å²) in [5, 5.41) is 23.8. The lowest BCUT2D eigenvalue weighted by atomic mass is 9.86. The van der Waals surface area contributed by atoms with Crippen LogP contribution in [0.3, 0.4) is 0 Å². The molecule has 4 heterocycles. The number of ketones is 1. The molecule has 0 bridgehead atoms. The Kier molecular flexibility index (Phi) is 8.48. The van der Waals surface area contributed by atoms with Gasteiger partial charge in [-0.15, -0.1) is 0 Å². The average molecular weight is 587 g/mol. The highest BCUT2D eigenvalue weighted by molar-refractivity contribution is 6.00. The first-order valence-corrected chi connectivity index (χ1v) is 14.5. The van der Waals surface area contributed by atoms with Gasteiger partial charge in [-0.2, -0.15) is 9.61 Å². The third-order valence-electron chi connectivity index (χ3n) is 8.48. The number of piperidine rings is 1. The molecule has 0 saturated carbocycles. The minimum Gasteiger partial charge on any atom is -0.496 e. The third kappa shape index (κ3) is 5.46. The van der Waals surface area contributed by atoms with Crippen LogP contribution in [0.15, 0.2) is 42.7 Å². The molecule has 1 amide bonds. The van der Waals surface area contributed by atoms with Crippen LogP contribution in [0.1, 0.15) is 61.1 Å². The van der Waals surface area contributed by atoms with E-state index in [0.717, 1.165) is 40.1 Å².